The highest BCUT2D eigenvalue weighted by atomic mass is 19.1. The molecule has 0 aliphatic rings. The van der Waals surface area contributed by atoms with Crippen LogP contribution in [0.5, 0.6) is 0 Å². The molecular weight excluding hydrogens is 173 g/mol. The van der Waals surface area contributed by atoms with Crippen molar-refractivity contribution in [3.05, 3.63) is 24.1 Å². The van der Waals surface area contributed by atoms with Gasteiger partial charge in [0.15, 0.2) is 0 Å². The minimum absolute atomic E-state index is 0.179. The molecule has 0 bridgehead atoms. The molecular formula is C8H10FN3O. The molecule has 0 saturated carbocycles. The quantitative estimate of drug-likeness (QED) is 0.666. The van der Waals surface area contributed by atoms with Crippen LogP contribution in [-0.2, 0) is 4.79 Å². The Hall–Kier alpha value is -1.49. The van der Waals surface area contributed by atoms with Gasteiger partial charge in [0, 0.05) is 0 Å². The molecule has 2 N–H and O–H groups in total. The topological polar surface area (TPSA) is 54.0 Å². The largest absolute Gasteiger partial charge is 0.311 e. The van der Waals surface area contributed by atoms with Crippen molar-refractivity contribution in [1.29, 1.82) is 0 Å². The number of nitrogens with one attached hydrogen (secondary N) is 2. The molecule has 0 radical (unpaired) electrons. The van der Waals surface area contributed by atoms with Crippen molar-refractivity contribution >= 4 is 11.7 Å². The summed E-state index contributed by atoms with van der Waals surface area (Å²) in [5.74, 6) is -0.636. The maximum absolute atomic E-state index is 12.5. The zero-order valence-corrected chi connectivity index (χ0v) is 7.17. The van der Waals surface area contributed by atoms with Crippen LogP contribution < -0.4 is 10.6 Å². The van der Waals surface area contributed by atoms with Gasteiger partial charge in [-0.2, -0.15) is 4.39 Å². The molecule has 1 aromatic heterocycles. The van der Waals surface area contributed by atoms with Crippen molar-refractivity contribution in [3.63, 3.8) is 0 Å². The zero-order valence-electron chi connectivity index (χ0n) is 7.17. The predicted molar refractivity (Wildman–Crippen MR) is 46.8 cm³/mol. The molecule has 0 aromatic carbocycles. The zero-order chi connectivity index (χ0) is 9.68. The van der Waals surface area contributed by atoms with Gasteiger partial charge in [0.2, 0.25) is 11.9 Å². The van der Waals surface area contributed by atoms with E-state index >= 15 is 0 Å². The predicted octanol–water partition coefficient (Wildman–Crippen LogP) is 0.379. The first-order valence-corrected chi connectivity index (χ1v) is 3.79. The van der Waals surface area contributed by atoms with Gasteiger partial charge in [-0.15, -0.1) is 0 Å². The third-order valence-corrected chi connectivity index (χ3v) is 1.32. The van der Waals surface area contributed by atoms with E-state index in [1.807, 2.05) is 0 Å². The third kappa shape index (κ3) is 3.16. The van der Waals surface area contributed by atoms with Crippen LogP contribution in [-0.4, -0.2) is 24.5 Å². The monoisotopic (exact) mass is 183 g/mol. The molecule has 0 atom stereocenters. The van der Waals surface area contributed by atoms with Gasteiger partial charge in [-0.25, -0.2) is 4.98 Å². The summed E-state index contributed by atoms with van der Waals surface area (Å²) in [7, 11) is 1.65. The van der Waals surface area contributed by atoms with Crippen LogP contribution in [0.1, 0.15) is 0 Å². The molecule has 1 rings (SSSR count). The lowest BCUT2D eigenvalue weighted by Gasteiger charge is -2.02. The van der Waals surface area contributed by atoms with Crippen LogP contribution in [0.2, 0.25) is 0 Å². The second-order valence-electron chi connectivity index (χ2n) is 2.42. The second-order valence-corrected chi connectivity index (χ2v) is 2.42. The van der Waals surface area contributed by atoms with Gasteiger partial charge in [0.05, 0.1) is 6.54 Å². The van der Waals surface area contributed by atoms with Gasteiger partial charge in [-0.3, -0.25) is 4.79 Å². The Bertz CT molecular complexity index is 303. The Balaban J connectivity index is 2.58. The van der Waals surface area contributed by atoms with Crippen LogP contribution in [0.4, 0.5) is 10.2 Å². The number of hydrogen-bond donors (Lipinski definition) is 2. The van der Waals surface area contributed by atoms with E-state index in [0.29, 0.717) is 0 Å². The fourth-order valence-corrected chi connectivity index (χ4v) is 0.825. The molecule has 1 amide bonds. The van der Waals surface area contributed by atoms with E-state index in [9.17, 15) is 9.18 Å². The first kappa shape index (κ1) is 9.60. The van der Waals surface area contributed by atoms with Crippen LogP contribution >= 0.6 is 0 Å². The van der Waals surface area contributed by atoms with E-state index in [1.54, 1.807) is 7.05 Å². The third-order valence-electron chi connectivity index (χ3n) is 1.32. The molecule has 70 valence electrons. The summed E-state index contributed by atoms with van der Waals surface area (Å²) < 4.78 is 12.5. The Morgan fingerprint density at radius 2 is 2.38 bits per heavy atom. The van der Waals surface area contributed by atoms with Gasteiger partial charge >= 0.3 is 0 Å². The summed E-state index contributed by atoms with van der Waals surface area (Å²) in [5.41, 5.74) is 0. The number of likely N-dealkylation sites (N-methyl/N-ethyl adjacent to an activating group) is 1. The number of anilines is 1. The van der Waals surface area contributed by atoms with Crippen LogP contribution in [0.3, 0.4) is 0 Å². The Morgan fingerprint density at radius 1 is 1.62 bits per heavy atom. The summed E-state index contributed by atoms with van der Waals surface area (Å²) >= 11 is 0. The highest BCUT2D eigenvalue weighted by Crippen LogP contribution is 2.02. The minimum atomic E-state index is -0.609. The van der Waals surface area contributed by atoms with Gasteiger partial charge in [0.25, 0.3) is 0 Å². The smallest absolute Gasteiger partial charge is 0.239 e. The minimum Gasteiger partial charge on any atom is -0.311 e. The normalized spacial score (nSPS) is 9.69. The highest BCUT2D eigenvalue weighted by molar-refractivity contribution is 5.91. The first-order valence-electron chi connectivity index (χ1n) is 3.79. The van der Waals surface area contributed by atoms with E-state index in [4.69, 9.17) is 0 Å². The fourth-order valence-electron chi connectivity index (χ4n) is 0.825. The first-order chi connectivity index (χ1) is 6.22. The number of amides is 1. The molecule has 4 nitrogen and oxygen atoms in total. The lowest BCUT2D eigenvalue weighted by Crippen LogP contribution is -2.25. The molecule has 0 unspecified atom stereocenters. The van der Waals surface area contributed by atoms with Crippen molar-refractivity contribution in [2.75, 3.05) is 18.9 Å². The molecule has 13 heavy (non-hydrogen) atoms. The number of carbonyl (C=O) groups is 1. The number of rotatable bonds is 3. The number of pyridine rings is 1. The summed E-state index contributed by atoms with van der Waals surface area (Å²) in [6.07, 6.45) is 0. The highest BCUT2D eigenvalue weighted by Gasteiger charge is 2.01. The van der Waals surface area contributed by atoms with E-state index in [-0.39, 0.29) is 18.3 Å². The van der Waals surface area contributed by atoms with E-state index in [0.717, 1.165) is 0 Å². The SMILES string of the molecule is CNCC(=O)Nc1cccc(F)n1. The van der Waals surface area contributed by atoms with E-state index in [1.165, 1.54) is 18.2 Å². The number of aromatic nitrogens is 1. The molecule has 0 fully saturated rings. The van der Waals surface area contributed by atoms with Gasteiger partial charge in [-0.05, 0) is 19.2 Å². The summed E-state index contributed by atoms with van der Waals surface area (Å²) in [5, 5.41) is 5.10. The summed E-state index contributed by atoms with van der Waals surface area (Å²) in [6, 6.07) is 4.22. The molecule has 1 aromatic rings. The van der Waals surface area contributed by atoms with Crippen molar-refractivity contribution in [2.24, 2.45) is 0 Å². The van der Waals surface area contributed by atoms with Crippen LogP contribution in [0, 0.1) is 5.95 Å². The molecule has 5 heteroatoms. The molecule has 0 aliphatic heterocycles. The van der Waals surface area contributed by atoms with Crippen molar-refractivity contribution in [2.45, 2.75) is 0 Å². The van der Waals surface area contributed by atoms with Crippen molar-refractivity contribution < 1.29 is 9.18 Å². The molecule has 1 heterocycles. The Morgan fingerprint density at radius 3 is 3.00 bits per heavy atom. The van der Waals surface area contributed by atoms with Gasteiger partial charge in [-0.1, -0.05) is 6.07 Å². The molecule has 0 spiro atoms. The maximum atomic E-state index is 12.5. The van der Waals surface area contributed by atoms with Crippen LogP contribution in [0.25, 0.3) is 0 Å². The van der Waals surface area contributed by atoms with Gasteiger partial charge < -0.3 is 10.6 Å². The second kappa shape index (κ2) is 4.51. The standard InChI is InChI=1S/C8H10FN3O/c1-10-5-8(13)12-7-4-2-3-6(9)11-7/h2-4,10H,5H2,1H3,(H,11,12,13). The lowest BCUT2D eigenvalue weighted by molar-refractivity contribution is -0.115. The Kier molecular flexibility index (Phi) is 3.33. The Labute approximate surface area is 75.2 Å². The number of halogens is 1. The average Bonchev–Trinajstić information content (AvgIpc) is 2.04. The number of nitrogens with zero attached hydrogens (tertiary/aromatic N) is 1. The van der Waals surface area contributed by atoms with Gasteiger partial charge in [0.1, 0.15) is 5.82 Å². The summed E-state index contributed by atoms with van der Waals surface area (Å²) in [4.78, 5) is 14.5. The van der Waals surface area contributed by atoms with E-state index < -0.39 is 5.95 Å². The molecule has 0 saturated heterocycles. The van der Waals surface area contributed by atoms with Crippen molar-refractivity contribution in [1.82, 2.24) is 10.3 Å². The van der Waals surface area contributed by atoms with Crippen LogP contribution in [0.15, 0.2) is 18.2 Å². The number of hydrogen-bond acceptors (Lipinski definition) is 3. The molecule has 0 aliphatic carbocycles. The van der Waals surface area contributed by atoms with E-state index in [2.05, 4.69) is 15.6 Å². The van der Waals surface area contributed by atoms with Crippen molar-refractivity contribution in [3.8, 4) is 0 Å². The number of carbonyl (C=O) groups excluding carboxylic acids is 1. The average molecular weight is 183 g/mol. The fraction of sp³-hybridized carbons (Fsp3) is 0.250. The maximum Gasteiger partial charge on any atom is 0.239 e. The lowest BCUT2D eigenvalue weighted by atomic mass is 10.4. The summed E-state index contributed by atoms with van der Waals surface area (Å²) in [6.45, 7) is 0.179.